The van der Waals surface area contributed by atoms with Crippen molar-refractivity contribution in [3.8, 4) is 0 Å². The third kappa shape index (κ3) is 4.48. The molecule has 0 saturated heterocycles. The van der Waals surface area contributed by atoms with E-state index in [1.165, 1.54) is 0 Å². The van der Waals surface area contributed by atoms with Crippen molar-refractivity contribution in [3.63, 3.8) is 0 Å². The molecule has 0 saturated carbocycles. The number of imide groups is 1. The molecule has 3 aromatic rings. The van der Waals surface area contributed by atoms with Gasteiger partial charge in [-0.1, -0.05) is 30.0 Å². The number of carbonyl (C=O) groups excluding carboxylic acids is 2. The van der Waals surface area contributed by atoms with Crippen molar-refractivity contribution >= 4 is 40.3 Å². The molecule has 3 rings (SSSR count). The van der Waals surface area contributed by atoms with Crippen LogP contribution in [0.5, 0.6) is 0 Å². The number of rotatable bonds is 4. The predicted octanol–water partition coefficient (Wildman–Crippen LogP) is 2.67. The van der Waals surface area contributed by atoms with Crippen LogP contribution in [0, 0.1) is 6.92 Å². The summed E-state index contributed by atoms with van der Waals surface area (Å²) in [5.41, 5.74) is 2.50. The maximum atomic E-state index is 12.0. The van der Waals surface area contributed by atoms with Crippen LogP contribution < -0.4 is 10.6 Å². The summed E-state index contributed by atoms with van der Waals surface area (Å²) in [6.07, 6.45) is -4.55. The number of alkyl halides is 3. The molecule has 0 radical (unpaired) electrons. The van der Waals surface area contributed by atoms with Crippen molar-refractivity contribution in [2.24, 2.45) is 0 Å². The zero-order chi connectivity index (χ0) is 19.6. The van der Waals surface area contributed by atoms with E-state index in [2.05, 4.69) is 10.2 Å². The first-order chi connectivity index (χ1) is 12.7. The molecule has 0 bridgehead atoms. The molecule has 0 unspecified atom stereocenters. The topological polar surface area (TPSA) is 88.4 Å². The van der Waals surface area contributed by atoms with Crippen LogP contribution >= 0.6 is 11.8 Å². The van der Waals surface area contributed by atoms with E-state index in [0.29, 0.717) is 10.8 Å². The Morgan fingerprint density at radius 2 is 1.96 bits per heavy atom. The second-order valence-corrected chi connectivity index (χ2v) is 6.60. The Kier molecular flexibility index (Phi) is 5.22. The lowest BCUT2D eigenvalue weighted by Crippen LogP contribution is -2.43. The van der Waals surface area contributed by atoms with Crippen molar-refractivity contribution in [1.82, 2.24) is 25.2 Å². The summed E-state index contributed by atoms with van der Waals surface area (Å²) >= 11 is 1.03. The van der Waals surface area contributed by atoms with Crippen molar-refractivity contribution in [1.29, 1.82) is 0 Å². The second kappa shape index (κ2) is 7.43. The Morgan fingerprint density at radius 3 is 2.70 bits per heavy atom. The van der Waals surface area contributed by atoms with Crippen LogP contribution in [-0.4, -0.2) is 45.0 Å². The van der Waals surface area contributed by atoms with E-state index in [4.69, 9.17) is 0 Å². The van der Waals surface area contributed by atoms with E-state index >= 15 is 0 Å². The maximum absolute atomic E-state index is 12.0. The van der Waals surface area contributed by atoms with Gasteiger partial charge in [-0.2, -0.15) is 13.2 Å². The summed E-state index contributed by atoms with van der Waals surface area (Å²) in [6.45, 7) is 0.441. The van der Waals surface area contributed by atoms with Crippen molar-refractivity contribution in [2.45, 2.75) is 18.3 Å². The van der Waals surface area contributed by atoms with Crippen LogP contribution in [0.4, 0.5) is 18.0 Å². The van der Waals surface area contributed by atoms with Gasteiger partial charge in [-0.15, -0.1) is 10.2 Å². The lowest BCUT2D eigenvalue weighted by atomic mass is 10.1. The van der Waals surface area contributed by atoms with E-state index in [1.54, 1.807) is 9.72 Å². The average molecular weight is 397 g/mol. The fourth-order valence-corrected chi connectivity index (χ4v) is 3.24. The monoisotopic (exact) mass is 397 g/mol. The minimum absolute atomic E-state index is 0.206. The summed E-state index contributed by atoms with van der Waals surface area (Å²) in [6, 6.07) is 8.29. The molecule has 0 aliphatic carbocycles. The molecule has 0 fully saturated rings. The fourth-order valence-electron chi connectivity index (χ4n) is 2.49. The molecule has 11 heteroatoms. The fraction of sp³-hybridized carbons (Fsp3) is 0.250. The van der Waals surface area contributed by atoms with Crippen molar-refractivity contribution in [3.05, 3.63) is 35.9 Å². The molecule has 2 heterocycles. The molecular formula is C16H14F3N5O2S. The number of thioether (sulfide) groups is 1. The summed E-state index contributed by atoms with van der Waals surface area (Å²) in [4.78, 5) is 23.1. The maximum Gasteiger partial charge on any atom is 0.405 e. The number of fused-ring (bicyclic) bond motifs is 3. The quantitative estimate of drug-likeness (QED) is 0.661. The highest BCUT2D eigenvalue weighted by Crippen LogP contribution is 2.25. The van der Waals surface area contributed by atoms with Gasteiger partial charge in [0.2, 0.25) is 5.91 Å². The zero-order valence-corrected chi connectivity index (χ0v) is 14.8. The summed E-state index contributed by atoms with van der Waals surface area (Å²) in [5.74, 6) is -0.949. The van der Waals surface area contributed by atoms with Gasteiger partial charge in [0.05, 0.1) is 11.3 Å². The summed E-state index contributed by atoms with van der Waals surface area (Å²) in [7, 11) is 0. The Morgan fingerprint density at radius 1 is 1.22 bits per heavy atom. The van der Waals surface area contributed by atoms with Crippen LogP contribution in [0.25, 0.3) is 16.6 Å². The number of urea groups is 1. The van der Waals surface area contributed by atoms with E-state index < -0.39 is 24.7 Å². The Bertz CT molecular complexity index is 1020. The number of amides is 3. The number of nitrogens with one attached hydrogen (secondary N) is 2. The molecule has 2 N–H and O–H groups in total. The van der Waals surface area contributed by atoms with E-state index in [-0.39, 0.29) is 5.75 Å². The highest BCUT2D eigenvalue weighted by Gasteiger charge is 2.28. The summed E-state index contributed by atoms with van der Waals surface area (Å²) in [5, 5.41) is 13.0. The first kappa shape index (κ1) is 19.0. The number of aryl methyl sites for hydroxylation is 1. The van der Waals surface area contributed by atoms with E-state index in [1.807, 2.05) is 42.6 Å². The molecule has 0 atom stereocenters. The smallest absolute Gasteiger partial charge is 0.329 e. The lowest BCUT2D eigenvalue weighted by molar-refractivity contribution is -0.124. The van der Waals surface area contributed by atoms with Gasteiger partial charge in [-0.25, -0.2) is 4.79 Å². The Balaban J connectivity index is 1.70. The number of halogens is 3. The van der Waals surface area contributed by atoms with E-state index in [0.717, 1.165) is 28.2 Å². The molecule has 1 aromatic carbocycles. The standard InChI is InChI=1S/C16H14F3N5O2S/c1-9-6-12-22-23-15(24(12)11-5-3-2-4-10(9)11)27-7-13(25)21-14(26)20-8-16(17,18)19/h2-6H,7-8H2,1H3,(H2,20,21,25,26). The van der Waals surface area contributed by atoms with E-state index in [9.17, 15) is 22.8 Å². The van der Waals surface area contributed by atoms with Gasteiger partial charge < -0.3 is 5.32 Å². The Labute approximate surface area is 155 Å². The number of hydrogen-bond donors (Lipinski definition) is 2. The first-order valence-corrected chi connectivity index (χ1v) is 8.74. The molecule has 0 aliphatic heterocycles. The number of aromatic nitrogens is 3. The minimum Gasteiger partial charge on any atom is -0.329 e. The van der Waals surface area contributed by atoms with Gasteiger partial charge >= 0.3 is 12.2 Å². The minimum atomic E-state index is -4.55. The molecule has 0 spiro atoms. The average Bonchev–Trinajstić information content (AvgIpc) is 3.01. The number of pyridine rings is 1. The van der Waals surface area contributed by atoms with Crippen LogP contribution in [-0.2, 0) is 4.79 Å². The number of para-hydroxylation sites is 1. The zero-order valence-electron chi connectivity index (χ0n) is 14.0. The van der Waals surface area contributed by atoms with Crippen molar-refractivity contribution < 1.29 is 22.8 Å². The number of nitrogens with zero attached hydrogens (tertiary/aromatic N) is 3. The van der Waals surface area contributed by atoms with Crippen molar-refractivity contribution in [2.75, 3.05) is 12.3 Å². The summed E-state index contributed by atoms with van der Waals surface area (Å²) < 4.78 is 37.9. The highest BCUT2D eigenvalue weighted by molar-refractivity contribution is 7.99. The number of benzene rings is 1. The van der Waals surface area contributed by atoms with Gasteiger partial charge in [0.1, 0.15) is 6.54 Å². The van der Waals surface area contributed by atoms with Crippen LogP contribution in [0.1, 0.15) is 5.56 Å². The molecular weight excluding hydrogens is 383 g/mol. The lowest BCUT2D eigenvalue weighted by Gasteiger charge is -2.09. The Hall–Kier alpha value is -2.82. The normalized spacial score (nSPS) is 11.7. The van der Waals surface area contributed by atoms with Gasteiger partial charge in [0.15, 0.2) is 10.8 Å². The second-order valence-electron chi connectivity index (χ2n) is 5.66. The SMILES string of the molecule is Cc1cc2nnc(SCC(=O)NC(=O)NCC(F)(F)F)n2c2ccccc12. The first-order valence-electron chi connectivity index (χ1n) is 7.75. The molecule has 0 aliphatic rings. The molecule has 2 aromatic heterocycles. The van der Waals surface area contributed by atoms with Crippen LogP contribution in [0.15, 0.2) is 35.5 Å². The number of hydrogen-bond acceptors (Lipinski definition) is 5. The number of carbonyl (C=O) groups is 2. The van der Waals surface area contributed by atoms with Crippen LogP contribution in [0.3, 0.4) is 0 Å². The molecule has 27 heavy (non-hydrogen) atoms. The molecule has 7 nitrogen and oxygen atoms in total. The highest BCUT2D eigenvalue weighted by atomic mass is 32.2. The van der Waals surface area contributed by atoms with Gasteiger partial charge in [0, 0.05) is 5.39 Å². The molecule has 142 valence electrons. The largest absolute Gasteiger partial charge is 0.405 e. The third-order valence-electron chi connectivity index (χ3n) is 3.61. The van der Waals surface area contributed by atoms with Crippen LogP contribution in [0.2, 0.25) is 0 Å². The third-order valence-corrected chi connectivity index (χ3v) is 4.54. The predicted molar refractivity (Wildman–Crippen MR) is 93.6 cm³/mol. The van der Waals surface area contributed by atoms with Gasteiger partial charge in [0.25, 0.3) is 0 Å². The molecule has 3 amide bonds. The van der Waals surface area contributed by atoms with Gasteiger partial charge in [-0.05, 0) is 24.6 Å². The van der Waals surface area contributed by atoms with Gasteiger partial charge in [-0.3, -0.25) is 14.5 Å².